The summed E-state index contributed by atoms with van der Waals surface area (Å²) in [6.45, 7) is 0.881. The summed E-state index contributed by atoms with van der Waals surface area (Å²) in [6, 6.07) is 3.93. The molecule has 2 N–H and O–H groups in total. The predicted molar refractivity (Wildman–Crippen MR) is 79.3 cm³/mol. The lowest BCUT2D eigenvalue weighted by Gasteiger charge is -2.34. The number of rotatable bonds is 2. The van der Waals surface area contributed by atoms with Gasteiger partial charge in [-0.15, -0.1) is 0 Å². The highest BCUT2D eigenvalue weighted by atomic mass is 16.2. The molecule has 1 unspecified atom stereocenters. The number of carbonyl (C=O) groups is 1. The summed E-state index contributed by atoms with van der Waals surface area (Å²) in [4.78, 5) is 18.9. The van der Waals surface area contributed by atoms with Gasteiger partial charge in [0.1, 0.15) is 5.69 Å². The maximum atomic E-state index is 12.6. The van der Waals surface area contributed by atoms with Gasteiger partial charge in [-0.2, -0.15) is 0 Å². The molecular weight excluding hydrogens is 250 g/mol. The predicted octanol–water partition coefficient (Wildman–Crippen LogP) is 2.85. The van der Waals surface area contributed by atoms with Crippen LogP contribution in [0.25, 0.3) is 0 Å². The van der Waals surface area contributed by atoms with Gasteiger partial charge in [-0.05, 0) is 43.7 Å². The molecule has 1 saturated carbocycles. The molecule has 20 heavy (non-hydrogen) atoms. The molecule has 2 aliphatic rings. The van der Waals surface area contributed by atoms with Gasteiger partial charge in [0.05, 0.1) is 11.9 Å². The van der Waals surface area contributed by atoms with Crippen LogP contribution in [0.4, 0.5) is 5.69 Å². The number of nitrogens with zero attached hydrogens (tertiary/aromatic N) is 2. The number of amides is 1. The van der Waals surface area contributed by atoms with Crippen molar-refractivity contribution >= 4 is 11.6 Å². The first kappa shape index (κ1) is 13.4. The van der Waals surface area contributed by atoms with Crippen molar-refractivity contribution in [3.63, 3.8) is 0 Å². The quantitative estimate of drug-likeness (QED) is 0.901. The molecule has 2 heterocycles. The van der Waals surface area contributed by atoms with Gasteiger partial charge in [0, 0.05) is 12.6 Å². The molecule has 0 spiro atoms. The first-order valence-corrected chi connectivity index (χ1v) is 7.78. The molecule has 108 valence electrons. The van der Waals surface area contributed by atoms with Crippen molar-refractivity contribution in [2.75, 3.05) is 12.3 Å². The van der Waals surface area contributed by atoms with Crippen LogP contribution in [0.5, 0.6) is 0 Å². The lowest BCUT2D eigenvalue weighted by atomic mass is 9.83. The molecule has 4 heteroatoms. The number of nitrogens with two attached hydrogens (primary N) is 1. The van der Waals surface area contributed by atoms with E-state index in [1.165, 1.54) is 32.1 Å². The Balaban J connectivity index is 1.74. The number of anilines is 1. The minimum atomic E-state index is 0.0815. The summed E-state index contributed by atoms with van der Waals surface area (Å²) in [5.41, 5.74) is 6.77. The van der Waals surface area contributed by atoms with Gasteiger partial charge in [-0.25, -0.2) is 4.98 Å². The Bertz CT molecular complexity index is 465. The summed E-state index contributed by atoms with van der Waals surface area (Å²) in [5.74, 6) is 0.780. The van der Waals surface area contributed by atoms with Gasteiger partial charge in [0.15, 0.2) is 0 Å². The molecule has 1 amide bonds. The molecule has 0 aromatic carbocycles. The maximum Gasteiger partial charge on any atom is 0.272 e. The summed E-state index contributed by atoms with van der Waals surface area (Å²) >= 11 is 0. The van der Waals surface area contributed by atoms with Crippen molar-refractivity contribution in [3.8, 4) is 0 Å². The van der Waals surface area contributed by atoms with Crippen LogP contribution in [-0.4, -0.2) is 28.4 Å². The van der Waals surface area contributed by atoms with E-state index in [4.69, 9.17) is 5.73 Å². The molecule has 1 aromatic heterocycles. The lowest BCUT2D eigenvalue weighted by molar-refractivity contribution is 0.0655. The van der Waals surface area contributed by atoms with Crippen LogP contribution < -0.4 is 5.73 Å². The Morgan fingerprint density at radius 3 is 2.65 bits per heavy atom. The van der Waals surface area contributed by atoms with Gasteiger partial charge in [0.25, 0.3) is 5.91 Å². The third-order valence-corrected chi connectivity index (χ3v) is 4.76. The van der Waals surface area contributed by atoms with Crippen LogP contribution in [0.2, 0.25) is 0 Å². The van der Waals surface area contributed by atoms with Gasteiger partial charge in [-0.1, -0.05) is 19.3 Å². The SMILES string of the molecule is Nc1ccc(C(=O)N2CCCC2C2CCCCC2)nc1. The van der Waals surface area contributed by atoms with Crippen molar-refractivity contribution < 1.29 is 4.79 Å². The topological polar surface area (TPSA) is 59.2 Å². The molecule has 2 fully saturated rings. The zero-order valence-electron chi connectivity index (χ0n) is 11.9. The van der Waals surface area contributed by atoms with E-state index in [0.717, 1.165) is 19.4 Å². The van der Waals surface area contributed by atoms with Crippen molar-refractivity contribution in [1.29, 1.82) is 0 Å². The van der Waals surface area contributed by atoms with Crippen molar-refractivity contribution in [3.05, 3.63) is 24.0 Å². The van der Waals surface area contributed by atoms with Gasteiger partial charge < -0.3 is 10.6 Å². The molecule has 4 nitrogen and oxygen atoms in total. The lowest BCUT2D eigenvalue weighted by Crippen LogP contribution is -2.41. The normalized spacial score (nSPS) is 24.0. The Hall–Kier alpha value is -1.58. The minimum absolute atomic E-state index is 0.0815. The largest absolute Gasteiger partial charge is 0.397 e. The van der Waals surface area contributed by atoms with Crippen LogP contribution in [0.15, 0.2) is 18.3 Å². The number of hydrogen-bond donors (Lipinski definition) is 1. The smallest absolute Gasteiger partial charge is 0.272 e. The number of hydrogen-bond acceptors (Lipinski definition) is 3. The average molecular weight is 273 g/mol. The zero-order chi connectivity index (χ0) is 13.9. The van der Waals surface area contributed by atoms with Crippen molar-refractivity contribution in [2.45, 2.75) is 51.0 Å². The summed E-state index contributed by atoms with van der Waals surface area (Å²) in [5, 5.41) is 0. The monoisotopic (exact) mass is 273 g/mol. The maximum absolute atomic E-state index is 12.6. The fourth-order valence-electron chi connectivity index (χ4n) is 3.73. The molecule has 1 aromatic rings. The summed E-state index contributed by atoms with van der Waals surface area (Å²) < 4.78 is 0. The number of pyridine rings is 1. The highest BCUT2D eigenvalue weighted by Gasteiger charge is 2.35. The highest BCUT2D eigenvalue weighted by Crippen LogP contribution is 2.34. The molecule has 0 bridgehead atoms. The van der Waals surface area contributed by atoms with E-state index in [0.29, 0.717) is 23.3 Å². The Morgan fingerprint density at radius 2 is 1.95 bits per heavy atom. The second-order valence-corrected chi connectivity index (χ2v) is 6.08. The number of nitrogen functional groups attached to an aromatic ring is 1. The fourth-order valence-corrected chi connectivity index (χ4v) is 3.73. The van der Waals surface area contributed by atoms with E-state index in [1.54, 1.807) is 18.3 Å². The van der Waals surface area contributed by atoms with E-state index in [2.05, 4.69) is 9.88 Å². The summed E-state index contributed by atoms with van der Waals surface area (Å²) in [6.07, 6.45) is 10.4. The van der Waals surface area contributed by atoms with Crippen LogP contribution >= 0.6 is 0 Å². The minimum Gasteiger partial charge on any atom is -0.397 e. The molecule has 3 rings (SSSR count). The van der Waals surface area contributed by atoms with Crippen LogP contribution in [0.1, 0.15) is 55.4 Å². The number of carbonyl (C=O) groups excluding carboxylic acids is 1. The molecule has 1 saturated heterocycles. The highest BCUT2D eigenvalue weighted by molar-refractivity contribution is 5.92. The Kier molecular flexibility index (Phi) is 3.90. The first-order valence-electron chi connectivity index (χ1n) is 7.78. The second kappa shape index (κ2) is 5.81. The van der Waals surface area contributed by atoms with Gasteiger partial charge in [0.2, 0.25) is 0 Å². The molecule has 0 radical (unpaired) electrons. The third kappa shape index (κ3) is 2.65. The van der Waals surface area contributed by atoms with E-state index in [1.807, 2.05) is 0 Å². The summed E-state index contributed by atoms with van der Waals surface area (Å²) in [7, 11) is 0. The van der Waals surface area contributed by atoms with Gasteiger partial charge >= 0.3 is 0 Å². The molecular formula is C16H23N3O. The Labute approximate surface area is 120 Å². The average Bonchev–Trinajstić information content (AvgIpc) is 2.97. The third-order valence-electron chi connectivity index (χ3n) is 4.76. The first-order chi connectivity index (χ1) is 9.75. The van der Waals surface area contributed by atoms with E-state index in [9.17, 15) is 4.79 Å². The van der Waals surface area contributed by atoms with Crippen molar-refractivity contribution in [2.24, 2.45) is 5.92 Å². The standard InChI is InChI=1S/C16H23N3O/c17-13-8-9-14(18-11-13)16(20)19-10-4-7-15(19)12-5-2-1-3-6-12/h8-9,11-12,15H,1-7,10,17H2. The van der Waals surface area contributed by atoms with E-state index in [-0.39, 0.29) is 5.91 Å². The Morgan fingerprint density at radius 1 is 1.15 bits per heavy atom. The number of likely N-dealkylation sites (tertiary alicyclic amines) is 1. The second-order valence-electron chi connectivity index (χ2n) is 6.08. The number of aromatic nitrogens is 1. The molecule has 1 aliphatic carbocycles. The zero-order valence-corrected chi connectivity index (χ0v) is 11.9. The van der Waals surface area contributed by atoms with Crippen LogP contribution in [0, 0.1) is 5.92 Å². The van der Waals surface area contributed by atoms with Gasteiger partial charge in [-0.3, -0.25) is 4.79 Å². The van der Waals surface area contributed by atoms with Crippen LogP contribution in [0.3, 0.4) is 0 Å². The molecule has 1 aliphatic heterocycles. The molecule has 1 atom stereocenters. The van der Waals surface area contributed by atoms with Crippen LogP contribution in [-0.2, 0) is 0 Å². The van der Waals surface area contributed by atoms with E-state index < -0.39 is 0 Å². The van der Waals surface area contributed by atoms with E-state index >= 15 is 0 Å². The van der Waals surface area contributed by atoms with Crippen molar-refractivity contribution in [1.82, 2.24) is 9.88 Å². The fraction of sp³-hybridized carbons (Fsp3) is 0.625.